The summed E-state index contributed by atoms with van der Waals surface area (Å²) >= 11 is 0. The number of morpholine rings is 1. The minimum Gasteiger partial charge on any atom is -0.372 e. The van der Waals surface area contributed by atoms with E-state index in [9.17, 15) is 9.59 Å². The maximum absolute atomic E-state index is 13.2. The van der Waals surface area contributed by atoms with Crippen LogP contribution in [0.5, 0.6) is 0 Å². The summed E-state index contributed by atoms with van der Waals surface area (Å²) in [4.78, 5) is 28.1. The Morgan fingerprint density at radius 3 is 2.19 bits per heavy atom. The van der Waals surface area contributed by atoms with Gasteiger partial charge in [0.05, 0.1) is 17.8 Å². The molecule has 0 radical (unpaired) electrons. The first-order chi connectivity index (χ1) is 12.4. The van der Waals surface area contributed by atoms with Crippen molar-refractivity contribution in [2.75, 3.05) is 13.1 Å². The van der Waals surface area contributed by atoms with E-state index >= 15 is 0 Å². The second kappa shape index (κ2) is 7.42. The van der Waals surface area contributed by atoms with Crippen LogP contribution in [-0.4, -0.2) is 41.9 Å². The van der Waals surface area contributed by atoms with Gasteiger partial charge >= 0.3 is 0 Å². The number of amides is 1. The van der Waals surface area contributed by atoms with Gasteiger partial charge in [0.1, 0.15) is 0 Å². The topological polar surface area (TPSA) is 46.6 Å². The van der Waals surface area contributed by atoms with Crippen LogP contribution in [0.25, 0.3) is 0 Å². The molecule has 0 saturated carbocycles. The summed E-state index contributed by atoms with van der Waals surface area (Å²) in [6.07, 6.45) is -0.0193. The van der Waals surface area contributed by atoms with Crippen molar-refractivity contribution in [1.29, 1.82) is 0 Å². The van der Waals surface area contributed by atoms with E-state index in [0.717, 1.165) is 11.1 Å². The molecule has 0 aliphatic carbocycles. The first kappa shape index (κ1) is 18.3. The minimum atomic E-state index is -0.110. The number of ether oxygens (including phenoxy) is 1. The lowest BCUT2D eigenvalue weighted by Gasteiger charge is -2.35. The van der Waals surface area contributed by atoms with Crippen LogP contribution < -0.4 is 0 Å². The Morgan fingerprint density at radius 1 is 0.923 bits per heavy atom. The normalized spacial score (nSPS) is 20.1. The third kappa shape index (κ3) is 3.70. The van der Waals surface area contributed by atoms with Gasteiger partial charge in [0.2, 0.25) is 0 Å². The number of nitrogens with zero attached hydrogens (tertiary/aromatic N) is 1. The lowest BCUT2D eigenvalue weighted by atomic mass is 9.93. The number of hydrogen-bond donors (Lipinski definition) is 0. The summed E-state index contributed by atoms with van der Waals surface area (Å²) in [5, 5.41) is 0. The number of ketones is 1. The van der Waals surface area contributed by atoms with Gasteiger partial charge in [-0.3, -0.25) is 9.59 Å². The second-order valence-corrected chi connectivity index (χ2v) is 7.16. The van der Waals surface area contributed by atoms with Crippen LogP contribution in [0.1, 0.15) is 51.3 Å². The van der Waals surface area contributed by atoms with Crippen molar-refractivity contribution < 1.29 is 14.3 Å². The summed E-state index contributed by atoms with van der Waals surface area (Å²) in [5.74, 6) is -0.217. The van der Waals surface area contributed by atoms with Crippen molar-refractivity contribution in [3.05, 3.63) is 70.3 Å². The molecule has 2 aromatic rings. The van der Waals surface area contributed by atoms with E-state index in [4.69, 9.17) is 4.74 Å². The molecule has 4 heteroatoms. The fraction of sp³-hybridized carbons (Fsp3) is 0.364. The molecule has 0 aromatic heterocycles. The predicted octanol–water partition coefficient (Wildman–Crippen LogP) is 3.78. The highest BCUT2D eigenvalue weighted by Gasteiger charge is 2.29. The SMILES string of the molecule is Cc1ccc(C)c(C(=O)c2ccccc2C(=O)N2CC(C)OC(C)C2)c1. The maximum Gasteiger partial charge on any atom is 0.254 e. The Balaban J connectivity index is 1.97. The molecule has 3 rings (SSSR count). The number of rotatable bonds is 3. The van der Waals surface area contributed by atoms with E-state index in [1.165, 1.54) is 0 Å². The molecule has 2 atom stereocenters. The molecule has 1 aliphatic heterocycles. The van der Waals surface area contributed by atoms with Crippen molar-refractivity contribution in [1.82, 2.24) is 4.90 Å². The average Bonchev–Trinajstić information content (AvgIpc) is 2.61. The molecular weight excluding hydrogens is 326 g/mol. The molecule has 136 valence electrons. The zero-order chi connectivity index (χ0) is 18.8. The number of aryl methyl sites for hydroxylation is 2. The molecule has 4 nitrogen and oxygen atoms in total. The van der Waals surface area contributed by atoms with Crippen LogP contribution >= 0.6 is 0 Å². The van der Waals surface area contributed by atoms with Gasteiger partial charge in [-0.2, -0.15) is 0 Å². The summed E-state index contributed by atoms with van der Waals surface area (Å²) in [5.41, 5.74) is 3.50. The van der Waals surface area contributed by atoms with E-state index in [2.05, 4.69) is 0 Å². The van der Waals surface area contributed by atoms with Crippen LogP contribution in [0.2, 0.25) is 0 Å². The Morgan fingerprint density at radius 2 is 1.54 bits per heavy atom. The zero-order valence-corrected chi connectivity index (χ0v) is 15.8. The minimum absolute atomic E-state index is 0.00965. The van der Waals surface area contributed by atoms with E-state index in [-0.39, 0.29) is 23.9 Å². The van der Waals surface area contributed by atoms with Crippen LogP contribution in [0.3, 0.4) is 0 Å². The molecule has 26 heavy (non-hydrogen) atoms. The van der Waals surface area contributed by atoms with Gasteiger partial charge in [0.25, 0.3) is 5.91 Å². The number of carbonyl (C=O) groups is 2. The third-order valence-electron chi connectivity index (χ3n) is 4.75. The molecule has 2 aromatic carbocycles. The van der Waals surface area contributed by atoms with Crippen molar-refractivity contribution in [2.45, 2.75) is 39.9 Å². The first-order valence-electron chi connectivity index (χ1n) is 9.02. The number of carbonyl (C=O) groups excluding carboxylic acids is 2. The summed E-state index contributed by atoms with van der Waals surface area (Å²) in [6, 6.07) is 12.9. The first-order valence-corrected chi connectivity index (χ1v) is 9.02. The van der Waals surface area contributed by atoms with Crippen molar-refractivity contribution in [3.8, 4) is 0 Å². The van der Waals surface area contributed by atoms with Crippen molar-refractivity contribution in [3.63, 3.8) is 0 Å². The molecular formula is C22H25NO3. The van der Waals surface area contributed by atoms with E-state index in [1.54, 1.807) is 29.2 Å². The molecule has 0 bridgehead atoms. The number of hydrogen-bond acceptors (Lipinski definition) is 3. The molecule has 2 unspecified atom stereocenters. The summed E-state index contributed by atoms with van der Waals surface area (Å²) < 4.78 is 5.72. The Kier molecular flexibility index (Phi) is 5.23. The lowest BCUT2D eigenvalue weighted by molar-refractivity contribution is -0.0586. The highest BCUT2D eigenvalue weighted by molar-refractivity contribution is 6.16. The zero-order valence-electron chi connectivity index (χ0n) is 15.8. The highest BCUT2D eigenvalue weighted by Crippen LogP contribution is 2.21. The molecule has 0 spiro atoms. The predicted molar refractivity (Wildman–Crippen MR) is 102 cm³/mol. The standard InChI is InChI=1S/C22H25NO3/c1-14-9-10-15(2)20(11-14)21(24)18-7-5-6-8-19(18)22(25)23-12-16(3)26-17(4)13-23/h5-11,16-17H,12-13H2,1-4H3. The molecule has 1 aliphatic rings. The van der Waals surface area contributed by atoms with Crippen molar-refractivity contribution in [2.24, 2.45) is 0 Å². The van der Waals surface area contributed by atoms with Crippen LogP contribution in [0, 0.1) is 13.8 Å². The van der Waals surface area contributed by atoms with E-state index < -0.39 is 0 Å². The third-order valence-corrected chi connectivity index (χ3v) is 4.75. The summed E-state index contributed by atoms with van der Waals surface area (Å²) in [6.45, 7) is 8.88. The molecule has 1 amide bonds. The summed E-state index contributed by atoms with van der Waals surface area (Å²) in [7, 11) is 0. The van der Waals surface area contributed by atoms with E-state index in [0.29, 0.717) is 29.8 Å². The molecule has 1 saturated heterocycles. The Hall–Kier alpha value is -2.46. The molecule has 1 heterocycles. The van der Waals surface area contributed by atoms with Crippen LogP contribution in [0.4, 0.5) is 0 Å². The maximum atomic E-state index is 13.2. The second-order valence-electron chi connectivity index (χ2n) is 7.16. The van der Waals surface area contributed by atoms with Gasteiger partial charge in [-0.05, 0) is 45.4 Å². The fourth-order valence-electron chi connectivity index (χ4n) is 3.51. The Bertz CT molecular complexity index is 833. The average molecular weight is 351 g/mol. The van der Waals surface area contributed by atoms with E-state index in [1.807, 2.05) is 45.9 Å². The van der Waals surface area contributed by atoms with Gasteiger partial charge in [-0.15, -0.1) is 0 Å². The van der Waals surface area contributed by atoms with Crippen LogP contribution in [-0.2, 0) is 4.74 Å². The Labute approximate surface area is 154 Å². The molecule has 1 fully saturated rings. The lowest BCUT2D eigenvalue weighted by Crippen LogP contribution is -2.48. The molecule has 0 N–H and O–H groups in total. The van der Waals surface area contributed by atoms with Gasteiger partial charge in [0.15, 0.2) is 5.78 Å². The number of benzene rings is 2. The van der Waals surface area contributed by atoms with Gasteiger partial charge in [0, 0.05) is 24.2 Å². The van der Waals surface area contributed by atoms with Gasteiger partial charge in [-0.25, -0.2) is 0 Å². The fourth-order valence-corrected chi connectivity index (χ4v) is 3.51. The smallest absolute Gasteiger partial charge is 0.254 e. The quantitative estimate of drug-likeness (QED) is 0.791. The van der Waals surface area contributed by atoms with Crippen LogP contribution in [0.15, 0.2) is 42.5 Å². The largest absolute Gasteiger partial charge is 0.372 e. The van der Waals surface area contributed by atoms with Crippen molar-refractivity contribution >= 4 is 11.7 Å². The monoisotopic (exact) mass is 351 g/mol. The van der Waals surface area contributed by atoms with Gasteiger partial charge in [-0.1, -0.05) is 35.9 Å². The highest BCUT2D eigenvalue weighted by atomic mass is 16.5. The van der Waals surface area contributed by atoms with Gasteiger partial charge < -0.3 is 9.64 Å².